The van der Waals surface area contributed by atoms with E-state index < -0.39 is 0 Å². The van der Waals surface area contributed by atoms with Crippen LogP contribution >= 0.6 is 0 Å². The zero-order valence-corrected chi connectivity index (χ0v) is 10.9. The lowest BCUT2D eigenvalue weighted by molar-refractivity contribution is 0.461. The largest absolute Gasteiger partial charge is 0.366 e. The van der Waals surface area contributed by atoms with E-state index in [2.05, 4.69) is 20.6 Å². The minimum atomic E-state index is 0.418. The fourth-order valence-electron chi connectivity index (χ4n) is 2.99. The van der Waals surface area contributed by atoms with Crippen LogP contribution in [0.4, 0.5) is 5.82 Å². The zero-order chi connectivity index (χ0) is 12.2. The van der Waals surface area contributed by atoms with Gasteiger partial charge in [0.15, 0.2) is 0 Å². The lowest BCUT2D eigenvalue weighted by Gasteiger charge is -2.23. The van der Waals surface area contributed by atoms with E-state index >= 15 is 0 Å². The highest BCUT2D eigenvalue weighted by atomic mass is 15.0. The summed E-state index contributed by atoms with van der Waals surface area (Å²) in [5, 5.41) is 6.96. The van der Waals surface area contributed by atoms with Crippen molar-refractivity contribution in [3.8, 4) is 0 Å². The second kappa shape index (κ2) is 5.65. The van der Waals surface area contributed by atoms with Crippen LogP contribution in [0.2, 0.25) is 0 Å². The van der Waals surface area contributed by atoms with Crippen molar-refractivity contribution < 1.29 is 0 Å². The summed E-state index contributed by atoms with van der Waals surface area (Å²) in [4.78, 5) is 9.04. The van der Waals surface area contributed by atoms with Gasteiger partial charge in [0.05, 0.1) is 24.1 Å². The van der Waals surface area contributed by atoms with Crippen LogP contribution in [0.5, 0.6) is 0 Å². The van der Waals surface area contributed by atoms with Crippen LogP contribution in [0.3, 0.4) is 0 Å². The van der Waals surface area contributed by atoms with Gasteiger partial charge in [0.25, 0.3) is 0 Å². The number of nitrogens with zero attached hydrogens (tertiary/aromatic N) is 2. The first-order valence-electron chi connectivity index (χ1n) is 7.24. The zero-order valence-electron chi connectivity index (χ0n) is 10.9. The molecule has 1 unspecified atom stereocenters. The smallest absolute Gasteiger partial charge is 0.144 e. The lowest BCUT2D eigenvalue weighted by atomic mass is 9.96. The maximum atomic E-state index is 4.54. The molecule has 0 spiro atoms. The van der Waals surface area contributed by atoms with E-state index in [-0.39, 0.29) is 0 Å². The Bertz CT molecular complexity index is 364. The van der Waals surface area contributed by atoms with Crippen LogP contribution in [-0.2, 0) is 0 Å². The van der Waals surface area contributed by atoms with Gasteiger partial charge in [0.2, 0.25) is 0 Å². The van der Waals surface area contributed by atoms with Gasteiger partial charge in [-0.25, -0.2) is 4.98 Å². The molecule has 1 aromatic rings. The van der Waals surface area contributed by atoms with Gasteiger partial charge < -0.3 is 10.6 Å². The molecule has 1 aliphatic heterocycles. The van der Waals surface area contributed by atoms with Crippen molar-refractivity contribution in [2.75, 3.05) is 11.9 Å². The standard InChI is InChI=1S/C14H22N4/c1-2-5-11(6-3-1)18-14-10-16-13(9-17-14)12-7-4-8-15-12/h9-12,15H,1-8H2,(H,17,18). The average Bonchev–Trinajstić information content (AvgIpc) is 2.95. The highest BCUT2D eigenvalue weighted by Crippen LogP contribution is 2.23. The van der Waals surface area contributed by atoms with E-state index in [1.165, 1.54) is 44.9 Å². The first-order valence-corrected chi connectivity index (χ1v) is 7.24. The Labute approximate surface area is 109 Å². The third-order valence-electron chi connectivity index (χ3n) is 4.05. The molecule has 1 aromatic heterocycles. The van der Waals surface area contributed by atoms with Gasteiger partial charge in [-0.1, -0.05) is 19.3 Å². The summed E-state index contributed by atoms with van der Waals surface area (Å²) in [6, 6.07) is 1.02. The highest BCUT2D eigenvalue weighted by Gasteiger charge is 2.18. The fourth-order valence-corrected chi connectivity index (χ4v) is 2.99. The SMILES string of the molecule is c1nc(C2CCCN2)cnc1NC1CCCCC1. The lowest BCUT2D eigenvalue weighted by Crippen LogP contribution is -2.23. The normalized spacial score (nSPS) is 25.2. The van der Waals surface area contributed by atoms with Crippen LogP contribution in [0, 0.1) is 0 Å². The average molecular weight is 246 g/mol. The molecule has 1 aliphatic carbocycles. The summed E-state index contributed by atoms with van der Waals surface area (Å²) in [5.74, 6) is 0.934. The van der Waals surface area contributed by atoms with Gasteiger partial charge >= 0.3 is 0 Å². The Kier molecular flexibility index (Phi) is 3.74. The predicted molar refractivity (Wildman–Crippen MR) is 72.5 cm³/mol. The van der Waals surface area contributed by atoms with Crippen molar-refractivity contribution in [1.82, 2.24) is 15.3 Å². The van der Waals surface area contributed by atoms with Crippen LogP contribution in [0.25, 0.3) is 0 Å². The second-order valence-electron chi connectivity index (χ2n) is 5.45. The molecule has 98 valence electrons. The molecular weight excluding hydrogens is 224 g/mol. The van der Waals surface area contributed by atoms with E-state index in [1.54, 1.807) is 0 Å². The molecular formula is C14H22N4. The summed E-state index contributed by atoms with van der Waals surface area (Å²) in [5.41, 5.74) is 1.08. The van der Waals surface area contributed by atoms with Crippen molar-refractivity contribution >= 4 is 5.82 Å². The van der Waals surface area contributed by atoms with Gasteiger partial charge in [-0.15, -0.1) is 0 Å². The van der Waals surface area contributed by atoms with E-state index in [0.717, 1.165) is 18.1 Å². The first kappa shape index (κ1) is 11.9. The molecule has 1 saturated carbocycles. The number of anilines is 1. The van der Waals surface area contributed by atoms with Gasteiger partial charge in [0, 0.05) is 6.04 Å². The summed E-state index contributed by atoms with van der Waals surface area (Å²) in [7, 11) is 0. The van der Waals surface area contributed by atoms with Crippen molar-refractivity contribution in [1.29, 1.82) is 0 Å². The van der Waals surface area contributed by atoms with Crippen molar-refractivity contribution in [3.63, 3.8) is 0 Å². The fraction of sp³-hybridized carbons (Fsp3) is 0.714. The minimum absolute atomic E-state index is 0.418. The molecule has 1 atom stereocenters. The third-order valence-corrected chi connectivity index (χ3v) is 4.05. The number of hydrogen-bond acceptors (Lipinski definition) is 4. The molecule has 4 heteroatoms. The Morgan fingerprint density at radius 1 is 1.00 bits per heavy atom. The van der Waals surface area contributed by atoms with Gasteiger partial charge in [-0.2, -0.15) is 0 Å². The molecule has 2 fully saturated rings. The van der Waals surface area contributed by atoms with Crippen molar-refractivity contribution in [2.45, 2.75) is 57.0 Å². The predicted octanol–water partition coefficient (Wildman–Crippen LogP) is 2.65. The Balaban J connectivity index is 1.59. The highest BCUT2D eigenvalue weighted by molar-refractivity contribution is 5.33. The molecule has 0 radical (unpaired) electrons. The maximum absolute atomic E-state index is 4.54. The monoisotopic (exact) mass is 246 g/mol. The molecule has 0 aromatic carbocycles. The molecule has 1 saturated heterocycles. The van der Waals surface area contributed by atoms with Crippen molar-refractivity contribution in [2.24, 2.45) is 0 Å². The Morgan fingerprint density at radius 2 is 1.89 bits per heavy atom. The van der Waals surface area contributed by atoms with Crippen molar-refractivity contribution in [3.05, 3.63) is 18.1 Å². The van der Waals surface area contributed by atoms with Crippen LogP contribution < -0.4 is 10.6 Å². The molecule has 2 aliphatic rings. The summed E-state index contributed by atoms with van der Waals surface area (Å²) in [6.07, 6.45) is 12.9. The van der Waals surface area contributed by atoms with Crippen LogP contribution in [-0.4, -0.2) is 22.6 Å². The molecule has 0 amide bonds. The molecule has 2 heterocycles. The summed E-state index contributed by atoms with van der Waals surface area (Å²) < 4.78 is 0. The molecule has 18 heavy (non-hydrogen) atoms. The van der Waals surface area contributed by atoms with E-state index in [0.29, 0.717) is 12.1 Å². The molecule has 2 N–H and O–H groups in total. The number of hydrogen-bond donors (Lipinski definition) is 2. The number of aromatic nitrogens is 2. The number of nitrogens with one attached hydrogen (secondary N) is 2. The molecule has 3 rings (SSSR count). The minimum Gasteiger partial charge on any atom is -0.366 e. The summed E-state index contributed by atoms with van der Waals surface area (Å²) >= 11 is 0. The van der Waals surface area contributed by atoms with E-state index in [4.69, 9.17) is 0 Å². The topological polar surface area (TPSA) is 49.8 Å². The molecule has 4 nitrogen and oxygen atoms in total. The Hall–Kier alpha value is -1.16. The second-order valence-corrected chi connectivity index (χ2v) is 5.45. The van der Waals surface area contributed by atoms with Gasteiger partial charge in [-0.3, -0.25) is 4.98 Å². The maximum Gasteiger partial charge on any atom is 0.144 e. The Morgan fingerprint density at radius 3 is 2.56 bits per heavy atom. The van der Waals surface area contributed by atoms with E-state index in [1.807, 2.05) is 12.4 Å². The number of rotatable bonds is 3. The molecule has 0 bridgehead atoms. The van der Waals surface area contributed by atoms with E-state index in [9.17, 15) is 0 Å². The van der Waals surface area contributed by atoms with Gasteiger partial charge in [0.1, 0.15) is 5.82 Å². The third kappa shape index (κ3) is 2.80. The first-order chi connectivity index (χ1) is 8.92. The summed E-state index contributed by atoms with van der Waals surface area (Å²) in [6.45, 7) is 1.11. The van der Waals surface area contributed by atoms with Gasteiger partial charge in [-0.05, 0) is 32.2 Å². The van der Waals surface area contributed by atoms with Crippen LogP contribution in [0.15, 0.2) is 12.4 Å². The van der Waals surface area contributed by atoms with Crippen LogP contribution in [0.1, 0.15) is 56.7 Å². The quantitative estimate of drug-likeness (QED) is 0.861.